The van der Waals surface area contributed by atoms with E-state index in [0.717, 1.165) is 5.56 Å². The lowest BCUT2D eigenvalue weighted by Gasteiger charge is -2.25. The molecule has 0 N–H and O–H groups in total. The number of hydrogen-bond acceptors (Lipinski definition) is 5. The molecule has 6 nitrogen and oxygen atoms in total. The minimum atomic E-state index is -0.670. The van der Waals surface area contributed by atoms with Crippen LogP contribution in [-0.4, -0.2) is 19.6 Å². The van der Waals surface area contributed by atoms with E-state index in [0.29, 0.717) is 39.8 Å². The third kappa shape index (κ3) is 3.52. The highest BCUT2D eigenvalue weighted by atomic mass is 35.5. The number of anilines is 1. The number of hydrogen-bond donors (Lipinski definition) is 0. The third-order valence-electron chi connectivity index (χ3n) is 5.69. The summed E-state index contributed by atoms with van der Waals surface area (Å²) in [4.78, 5) is 28.8. The minimum Gasteiger partial charge on any atom is -0.497 e. The van der Waals surface area contributed by atoms with Gasteiger partial charge in [0.05, 0.1) is 30.7 Å². The lowest BCUT2D eigenvalue weighted by atomic mass is 9.98. The SMILES string of the molecule is CCOc1ccc(C2c3c(oc4ccc(Cl)cc4c3=O)C(=O)N2c2ccc(OC)cc2)cc1. The third-order valence-corrected chi connectivity index (χ3v) is 5.92. The molecule has 7 heteroatoms. The van der Waals surface area contributed by atoms with Crippen molar-refractivity contribution in [2.24, 2.45) is 0 Å². The van der Waals surface area contributed by atoms with Crippen molar-refractivity contribution in [2.45, 2.75) is 13.0 Å². The molecule has 1 aromatic heterocycles. The summed E-state index contributed by atoms with van der Waals surface area (Å²) in [5.41, 5.74) is 1.70. The van der Waals surface area contributed by atoms with E-state index in [2.05, 4.69) is 0 Å². The van der Waals surface area contributed by atoms with E-state index in [4.69, 9.17) is 25.5 Å². The molecule has 1 unspecified atom stereocenters. The average Bonchev–Trinajstić information content (AvgIpc) is 3.13. The number of ether oxygens (including phenoxy) is 2. The van der Waals surface area contributed by atoms with E-state index >= 15 is 0 Å². The van der Waals surface area contributed by atoms with Crippen LogP contribution in [0.3, 0.4) is 0 Å². The standard InChI is InChI=1S/C26H20ClNO5/c1-3-32-19-9-4-15(5-10-19)23-22-24(29)20-14-16(27)6-13-21(20)33-25(22)26(30)28(23)17-7-11-18(31-2)12-8-17/h4-14,23H,3H2,1-2H3. The van der Waals surface area contributed by atoms with Gasteiger partial charge in [-0.3, -0.25) is 14.5 Å². The molecule has 2 heterocycles. The van der Waals surface area contributed by atoms with E-state index < -0.39 is 6.04 Å². The highest BCUT2D eigenvalue weighted by Gasteiger charge is 2.43. The van der Waals surface area contributed by atoms with Gasteiger partial charge in [-0.25, -0.2) is 0 Å². The molecule has 0 aliphatic carbocycles. The van der Waals surface area contributed by atoms with Crippen LogP contribution in [0.4, 0.5) is 5.69 Å². The molecule has 0 fully saturated rings. The first kappa shape index (κ1) is 21.1. The van der Waals surface area contributed by atoms with Crippen molar-refractivity contribution < 1.29 is 18.7 Å². The number of amides is 1. The first-order valence-corrected chi connectivity index (χ1v) is 10.9. The molecule has 5 rings (SSSR count). The molecule has 1 atom stereocenters. The molecule has 1 amide bonds. The van der Waals surface area contributed by atoms with Gasteiger partial charge < -0.3 is 13.9 Å². The molecule has 4 aromatic rings. The summed E-state index contributed by atoms with van der Waals surface area (Å²) in [5.74, 6) is 1.02. The van der Waals surface area contributed by atoms with Gasteiger partial charge >= 0.3 is 0 Å². The minimum absolute atomic E-state index is 0.0320. The largest absolute Gasteiger partial charge is 0.497 e. The van der Waals surface area contributed by atoms with Gasteiger partial charge in [0.1, 0.15) is 17.1 Å². The normalized spacial score (nSPS) is 15.1. The maximum atomic E-state index is 13.6. The molecule has 0 spiro atoms. The molecule has 0 saturated heterocycles. The number of carbonyl (C=O) groups excluding carboxylic acids is 1. The Hall–Kier alpha value is -3.77. The summed E-state index contributed by atoms with van der Waals surface area (Å²) in [6.07, 6.45) is 0. The Balaban J connectivity index is 1.74. The Kier molecular flexibility index (Phi) is 5.30. The number of carbonyl (C=O) groups is 1. The first-order valence-electron chi connectivity index (χ1n) is 10.5. The number of methoxy groups -OCH3 is 1. The molecule has 0 bridgehead atoms. The summed E-state index contributed by atoms with van der Waals surface area (Å²) in [6, 6.07) is 18.6. The number of benzene rings is 3. The molecule has 1 aliphatic rings. The predicted octanol–water partition coefficient (Wildman–Crippen LogP) is 5.60. The van der Waals surface area contributed by atoms with Crippen LogP contribution >= 0.6 is 11.6 Å². The molecule has 0 radical (unpaired) electrons. The second-order valence-electron chi connectivity index (χ2n) is 7.59. The van der Waals surface area contributed by atoms with Crippen molar-refractivity contribution in [3.8, 4) is 11.5 Å². The molecule has 3 aromatic carbocycles. The van der Waals surface area contributed by atoms with Crippen LogP contribution in [0.1, 0.15) is 34.6 Å². The van der Waals surface area contributed by atoms with Crippen molar-refractivity contribution in [1.82, 2.24) is 0 Å². The fourth-order valence-electron chi connectivity index (χ4n) is 4.18. The van der Waals surface area contributed by atoms with Crippen molar-refractivity contribution in [3.63, 3.8) is 0 Å². The summed E-state index contributed by atoms with van der Waals surface area (Å²) in [6.45, 7) is 2.45. The van der Waals surface area contributed by atoms with Gasteiger partial charge in [-0.15, -0.1) is 0 Å². The lowest BCUT2D eigenvalue weighted by molar-refractivity contribution is 0.0971. The molecule has 33 heavy (non-hydrogen) atoms. The second-order valence-corrected chi connectivity index (χ2v) is 8.03. The molecule has 0 saturated carbocycles. The number of halogens is 1. The predicted molar refractivity (Wildman–Crippen MR) is 127 cm³/mol. The molecule has 1 aliphatic heterocycles. The van der Waals surface area contributed by atoms with E-state index in [1.165, 1.54) is 0 Å². The zero-order chi connectivity index (χ0) is 23.1. The van der Waals surface area contributed by atoms with Gasteiger partial charge in [0.15, 0.2) is 5.43 Å². The van der Waals surface area contributed by atoms with Crippen molar-refractivity contribution in [3.05, 3.63) is 98.9 Å². The Labute approximate surface area is 194 Å². The van der Waals surface area contributed by atoms with Gasteiger partial charge in [0.25, 0.3) is 5.91 Å². The number of nitrogens with zero attached hydrogens (tertiary/aromatic N) is 1. The van der Waals surface area contributed by atoms with Crippen LogP contribution in [0.15, 0.2) is 75.9 Å². The van der Waals surface area contributed by atoms with Crippen LogP contribution in [0, 0.1) is 0 Å². The summed E-state index contributed by atoms with van der Waals surface area (Å²) in [5, 5.41) is 0.755. The van der Waals surface area contributed by atoms with Gasteiger partial charge in [-0.2, -0.15) is 0 Å². The number of fused-ring (bicyclic) bond motifs is 2. The molecular weight excluding hydrogens is 442 g/mol. The van der Waals surface area contributed by atoms with Crippen molar-refractivity contribution in [1.29, 1.82) is 0 Å². The summed E-state index contributed by atoms with van der Waals surface area (Å²) < 4.78 is 16.8. The maximum Gasteiger partial charge on any atom is 0.295 e. The molecule has 166 valence electrons. The topological polar surface area (TPSA) is 69.0 Å². The lowest BCUT2D eigenvalue weighted by Crippen LogP contribution is -2.29. The highest BCUT2D eigenvalue weighted by molar-refractivity contribution is 6.31. The quantitative estimate of drug-likeness (QED) is 0.386. The fraction of sp³-hybridized carbons (Fsp3) is 0.154. The van der Waals surface area contributed by atoms with Crippen LogP contribution in [0.2, 0.25) is 5.02 Å². The van der Waals surface area contributed by atoms with Crippen LogP contribution in [0.25, 0.3) is 11.0 Å². The van der Waals surface area contributed by atoms with Crippen LogP contribution < -0.4 is 19.8 Å². The Morgan fingerprint density at radius 1 is 0.970 bits per heavy atom. The van der Waals surface area contributed by atoms with E-state index in [-0.39, 0.29) is 22.7 Å². The zero-order valence-electron chi connectivity index (χ0n) is 18.0. The van der Waals surface area contributed by atoms with E-state index in [9.17, 15) is 9.59 Å². The van der Waals surface area contributed by atoms with Gasteiger partial charge in [-0.1, -0.05) is 23.7 Å². The van der Waals surface area contributed by atoms with Crippen LogP contribution in [0.5, 0.6) is 11.5 Å². The maximum absolute atomic E-state index is 13.6. The van der Waals surface area contributed by atoms with E-state index in [1.807, 2.05) is 31.2 Å². The fourth-order valence-corrected chi connectivity index (χ4v) is 4.35. The van der Waals surface area contributed by atoms with Crippen LogP contribution in [-0.2, 0) is 0 Å². The zero-order valence-corrected chi connectivity index (χ0v) is 18.8. The monoisotopic (exact) mass is 461 g/mol. The first-order chi connectivity index (χ1) is 16.0. The van der Waals surface area contributed by atoms with Crippen molar-refractivity contribution >= 4 is 34.2 Å². The summed E-state index contributed by atoms with van der Waals surface area (Å²) >= 11 is 6.14. The van der Waals surface area contributed by atoms with Gasteiger partial charge in [-0.05, 0) is 67.1 Å². The summed E-state index contributed by atoms with van der Waals surface area (Å²) in [7, 11) is 1.58. The second kappa shape index (κ2) is 8.30. The average molecular weight is 462 g/mol. The smallest absolute Gasteiger partial charge is 0.295 e. The number of rotatable bonds is 5. The highest BCUT2D eigenvalue weighted by Crippen LogP contribution is 2.42. The Morgan fingerprint density at radius 3 is 2.33 bits per heavy atom. The van der Waals surface area contributed by atoms with Crippen molar-refractivity contribution in [2.75, 3.05) is 18.6 Å². The molecular formula is C26H20ClNO5. The Morgan fingerprint density at radius 2 is 1.67 bits per heavy atom. The van der Waals surface area contributed by atoms with Gasteiger partial charge in [0.2, 0.25) is 5.76 Å². The van der Waals surface area contributed by atoms with E-state index in [1.54, 1.807) is 54.5 Å². The van der Waals surface area contributed by atoms with Gasteiger partial charge in [0, 0.05) is 10.7 Å². The Bertz CT molecular complexity index is 1410.